The van der Waals surface area contributed by atoms with Crippen molar-refractivity contribution in [3.63, 3.8) is 0 Å². The number of pyridine rings is 1. The Morgan fingerprint density at radius 1 is 0.949 bits per heavy atom. The first-order valence-corrected chi connectivity index (χ1v) is 12.5. The Morgan fingerprint density at radius 3 is 2.51 bits per heavy atom. The van der Waals surface area contributed by atoms with Crippen molar-refractivity contribution in [1.29, 1.82) is 0 Å². The maximum absolute atomic E-state index is 14.1. The van der Waals surface area contributed by atoms with Crippen LogP contribution in [0.5, 0.6) is 0 Å². The molecule has 1 amide bonds. The van der Waals surface area contributed by atoms with Crippen LogP contribution in [0, 0.1) is 17.5 Å². The number of aromatic nitrogens is 4. The van der Waals surface area contributed by atoms with Crippen LogP contribution in [0.4, 0.5) is 13.2 Å². The number of rotatable bonds is 4. The average molecular weight is 534 g/mol. The maximum Gasteiger partial charge on any atom is 0.337 e. The minimum Gasteiger partial charge on any atom is -0.361 e. The molecule has 0 unspecified atom stereocenters. The van der Waals surface area contributed by atoms with Gasteiger partial charge in [-0.25, -0.2) is 27.5 Å². The Labute approximate surface area is 218 Å². The van der Waals surface area contributed by atoms with Gasteiger partial charge in [0.05, 0.1) is 17.3 Å². The summed E-state index contributed by atoms with van der Waals surface area (Å²) in [6.45, 7) is 0. The Kier molecular flexibility index (Phi) is 6.05. The number of hydrogen-bond donors (Lipinski definition) is 2. The number of amides is 1. The van der Waals surface area contributed by atoms with E-state index in [0.29, 0.717) is 31.2 Å². The van der Waals surface area contributed by atoms with Crippen molar-refractivity contribution in [1.82, 2.24) is 24.4 Å². The molecule has 1 aliphatic carbocycles. The third-order valence-electron chi connectivity index (χ3n) is 7.27. The molecule has 39 heavy (non-hydrogen) atoms. The topological polar surface area (TPSA) is 102 Å². The third-order valence-corrected chi connectivity index (χ3v) is 7.27. The number of nitrogens with zero attached hydrogens (tertiary/aromatic N) is 3. The summed E-state index contributed by atoms with van der Waals surface area (Å²) in [6.07, 6.45) is 4.43. The summed E-state index contributed by atoms with van der Waals surface area (Å²) in [4.78, 5) is 46.8. The molecular weight excluding hydrogens is 511 g/mol. The molecule has 198 valence electrons. The lowest BCUT2D eigenvalue weighted by atomic mass is 9.90. The second-order valence-corrected chi connectivity index (χ2v) is 9.67. The molecule has 3 heterocycles. The summed E-state index contributed by atoms with van der Waals surface area (Å²) in [5.74, 6) is -3.27. The van der Waals surface area contributed by atoms with Gasteiger partial charge in [0.25, 0.3) is 11.5 Å². The maximum atomic E-state index is 14.1. The molecule has 6 rings (SSSR count). The average Bonchev–Trinajstić information content (AvgIpc) is 3.40. The number of halogens is 3. The minimum atomic E-state index is -1.18. The summed E-state index contributed by atoms with van der Waals surface area (Å²) >= 11 is 0. The smallest absolute Gasteiger partial charge is 0.337 e. The Hall–Kier alpha value is -4.67. The standard InChI is InChI=1S/C28H22F3N5O3/c29-17-12-21-25(33-14-17)35(20-6-7-22(30)23(31)13-20)28(39)36(27(21)38)19-4-2-18(3-5-19)34-26(37)16-1-8-24-15(11-16)9-10-32-24/h1,6-14,18-19,32H,2-5H2,(H,34,37)/t18-,19+. The van der Waals surface area contributed by atoms with Crippen LogP contribution < -0.4 is 16.6 Å². The number of H-pyrrole nitrogens is 1. The van der Waals surface area contributed by atoms with Gasteiger partial charge in [-0.3, -0.25) is 14.2 Å². The number of fused-ring (bicyclic) bond motifs is 2. The molecule has 0 atom stereocenters. The van der Waals surface area contributed by atoms with E-state index in [1.165, 1.54) is 6.07 Å². The van der Waals surface area contributed by atoms with Crippen LogP contribution >= 0.6 is 0 Å². The highest BCUT2D eigenvalue weighted by molar-refractivity contribution is 5.98. The van der Waals surface area contributed by atoms with Gasteiger partial charge in [0.1, 0.15) is 5.82 Å². The predicted molar refractivity (Wildman–Crippen MR) is 139 cm³/mol. The van der Waals surface area contributed by atoms with E-state index in [9.17, 15) is 27.6 Å². The summed E-state index contributed by atoms with van der Waals surface area (Å²) in [7, 11) is 0. The minimum absolute atomic E-state index is 0.0444. The van der Waals surface area contributed by atoms with Crippen LogP contribution in [-0.4, -0.2) is 31.1 Å². The molecule has 5 aromatic rings. The predicted octanol–water partition coefficient (Wildman–Crippen LogP) is 4.36. The molecule has 1 fully saturated rings. The van der Waals surface area contributed by atoms with Gasteiger partial charge >= 0.3 is 5.69 Å². The summed E-state index contributed by atoms with van der Waals surface area (Å²) < 4.78 is 43.7. The van der Waals surface area contributed by atoms with Gasteiger partial charge in [-0.1, -0.05) is 0 Å². The monoisotopic (exact) mass is 533 g/mol. The number of carbonyl (C=O) groups is 1. The zero-order valence-corrected chi connectivity index (χ0v) is 20.5. The normalized spacial score (nSPS) is 17.5. The molecule has 0 bridgehead atoms. The number of benzene rings is 2. The fourth-order valence-corrected chi connectivity index (χ4v) is 5.30. The number of carbonyl (C=O) groups excluding carboxylic acids is 1. The number of aromatic amines is 1. The van der Waals surface area contributed by atoms with E-state index in [1.807, 2.05) is 12.1 Å². The second kappa shape index (κ2) is 9.57. The fraction of sp³-hybridized carbons (Fsp3) is 0.214. The largest absolute Gasteiger partial charge is 0.361 e. The highest BCUT2D eigenvalue weighted by atomic mass is 19.2. The summed E-state index contributed by atoms with van der Waals surface area (Å²) in [5, 5.41) is 3.79. The molecule has 2 N–H and O–H groups in total. The van der Waals surface area contributed by atoms with Gasteiger partial charge in [0.2, 0.25) is 0 Å². The summed E-state index contributed by atoms with van der Waals surface area (Å²) in [5.41, 5.74) is -0.250. The summed E-state index contributed by atoms with van der Waals surface area (Å²) in [6, 6.07) is 10.4. The van der Waals surface area contributed by atoms with E-state index < -0.39 is 34.7 Å². The van der Waals surface area contributed by atoms with Crippen LogP contribution in [-0.2, 0) is 0 Å². The van der Waals surface area contributed by atoms with Crippen LogP contribution in [0.15, 0.2) is 70.5 Å². The fourth-order valence-electron chi connectivity index (χ4n) is 5.30. The van der Waals surface area contributed by atoms with Gasteiger partial charge in [-0.2, -0.15) is 0 Å². The van der Waals surface area contributed by atoms with Gasteiger partial charge in [-0.15, -0.1) is 0 Å². The quantitative estimate of drug-likeness (QED) is 0.359. The van der Waals surface area contributed by atoms with Crippen molar-refractivity contribution >= 4 is 27.8 Å². The zero-order valence-electron chi connectivity index (χ0n) is 20.5. The molecule has 0 spiro atoms. The molecule has 0 saturated heterocycles. The second-order valence-electron chi connectivity index (χ2n) is 9.67. The van der Waals surface area contributed by atoms with Crippen molar-refractivity contribution in [2.45, 2.75) is 37.8 Å². The number of nitrogens with one attached hydrogen (secondary N) is 2. The van der Waals surface area contributed by atoms with Crippen molar-refractivity contribution < 1.29 is 18.0 Å². The lowest BCUT2D eigenvalue weighted by Gasteiger charge is -2.30. The van der Waals surface area contributed by atoms with Gasteiger partial charge in [0.15, 0.2) is 17.3 Å². The Balaban J connectivity index is 1.30. The number of hydrogen-bond acceptors (Lipinski definition) is 4. The Bertz CT molecular complexity index is 1870. The van der Waals surface area contributed by atoms with Gasteiger partial charge < -0.3 is 10.3 Å². The molecule has 1 saturated carbocycles. The SMILES string of the molecule is O=C(N[C@H]1CC[C@@H](n2c(=O)c3cc(F)cnc3n(-c3ccc(F)c(F)c3)c2=O)CC1)c1ccc2[nH]ccc2c1. The molecule has 2 aromatic carbocycles. The molecule has 8 nitrogen and oxygen atoms in total. The lowest BCUT2D eigenvalue weighted by molar-refractivity contribution is 0.0922. The lowest BCUT2D eigenvalue weighted by Crippen LogP contribution is -2.45. The van der Waals surface area contributed by atoms with Crippen LogP contribution in [0.25, 0.3) is 27.6 Å². The van der Waals surface area contributed by atoms with E-state index in [-0.39, 0.29) is 28.7 Å². The van der Waals surface area contributed by atoms with Crippen molar-refractivity contribution in [2.24, 2.45) is 0 Å². The Morgan fingerprint density at radius 2 is 1.74 bits per heavy atom. The van der Waals surface area contributed by atoms with Crippen LogP contribution in [0.1, 0.15) is 42.1 Å². The zero-order chi connectivity index (χ0) is 27.3. The van der Waals surface area contributed by atoms with Gasteiger partial charge in [-0.05, 0) is 68.1 Å². The molecule has 1 aliphatic rings. The van der Waals surface area contributed by atoms with Crippen LogP contribution in [0.2, 0.25) is 0 Å². The first-order chi connectivity index (χ1) is 18.8. The molecule has 11 heteroatoms. The first-order valence-electron chi connectivity index (χ1n) is 12.5. The molecule has 3 aromatic heterocycles. The van der Waals surface area contributed by atoms with E-state index in [1.54, 1.807) is 18.3 Å². The van der Waals surface area contributed by atoms with E-state index in [4.69, 9.17) is 0 Å². The molecular formula is C28H22F3N5O3. The van der Waals surface area contributed by atoms with Crippen molar-refractivity contribution in [3.8, 4) is 5.69 Å². The van der Waals surface area contributed by atoms with E-state index in [2.05, 4.69) is 15.3 Å². The molecule has 0 aliphatic heterocycles. The highest BCUT2D eigenvalue weighted by Crippen LogP contribution is 2.28. The van der Waals surface area contributed by atoms with E-state index in [0.717, 1.165) is 44.4 Å². The van der Waals surface area contributed by atoms with Crippen molar-refractivity contribution in [2.75, 3.05) is 0 Å². The third kappa shape index (κ3) is 4.39. The van der Waals surface area contributed by atoms with Gasteiger partial charge in [0, 0.05) is 40.8 Å². The molecule has 0 radical (unpaired) electrons. The first kappa shape index (κ1) is 24.7. The van der Waals surface area contributed by atoms with E-state index >= 15 is 0 Å². The highest BCUT2D eigenvalue weighted by Gasteiger charge is 2.28. The van der Waals surface area contributed by atoms with Crippen LogP contribution in [0.3, 0.4) is 0 Å². The van der Waals surface area contributed by atoms with Crippen molar-refractivity contribution in [3.05, 3.63) is 105 Å².